The second-order valence-corrected chi connectivity index (χ2v) is 8.97. The van der Waals surface area contributed by atoms with Crippen molar-refractivity contribution in [3.63, 3.8) is 0 Å². The molecule has 0 spiro atoms. The summed E-state index contributed by atoms with van der Waals surface area (Å²) in [6, 6.07) is 16.5. The first-order chi connectivity index (χ1) is 13.8. The van der Waals surface area contributed by atoms with Gasteiger partial charge in [-0.3, -0.25) is 9.59 Å². The number of rotatable bonds is 7. The van der Waals surface area contributed by atoms with Crippen molar-refractivity contribution in [3.8, 4) is 11.3 Å². The monoisotopic (exact) mass is 414 g/mol. The number of hydrogen-bond donors (Lipinski definition) is 1. The van der Waals surface area contributed by atoms with E-state index in [0.29, 0.717) is 16.5 Å². The van der Waals surface area contributed by atoms with Gasteiger partial charge in [-0.25, -0.2) is 17.4 Å². The zero-order valence-corrected chi connectivity index (χ0v) is 17.0. The van der Waals surface area contributed by atoms with Gasteiger partial charge in [0.15, 0.2) is 0 Å². The van der Waals surface area contributed by atoms with E-state index < -0.39 is 15.9 Å². The lowest BCUT2D eigenvalue weighted by Gasteiger charge is -2.13. The standard InChI is InChI=1S/C20H22N4O4S/c1-23(2)29(27,28)13-12-21-18(25)14-24-20(26)17-11-7-6-10-16(17)19(22-24)15-8-4-3-5-9-15/h3-11H,12-14H2,1-2H3,(H,21,25). The molecular formula is C20H22N4O4S. The Balaban J connectivity index is 1.87. The molecule has 1 amide bonds. The van der Waals surface area contributed by atoms with Crippen LogP contribution in [0, 0.1) is 0 Å². The van der Waals surface area contributed by atoms with Gasteiger partial charge in [0.1, 0.15) is 6.54 Å². The van der Waals surface area contributed by atoms with Crippen LogP contribution in [-0.2, 0) is 21.4 Å². The van der Waals surface area contributed by atoms with Crippen LogP contribution in [0.5, 0.6) is 0 Å². The van der Waals surface area contributed by atoms with Crippen LogP contribution in [0.4, 0.5) is 0 Å². The number of benzene rings is 2. The van der Waals surface area contributed by atoms with Crippen molar-refractivity contribution in [1.82, 2.24) is 19.4 Å². The van der Waals surface area contributed by atoms with Crippen molar-refractivity contribution in [2.75, 3.05) is 26.4 Å². The molecule has 0 saturated heterocycles. The molecule has 152 valence electrons. The van der Waals surface area contributed by atoms with E-state index in [4.69, 9.17) is 0 Å². The van der Waals surface area contributed by atoms with Crippen LogP contribution in [0.2, 0.25) is 0 Å². The number of amides is 1. The summed E-state index contributed by atoms with van der Waals surface area (Å²) in [4.78, 5) is 25.1. The molecular weight excluding hydrogens is 392 g/mol. The first-order valence-electron chi connectivity index (χ1n) is 9.02. The van der Waals surface area contributed by atoms with Gasteiger partial charge < -0.3 is 5.32 Å². The SMILES string of the molecule is CN(C)S(=O)(=O)CCNC(=O)Cn1nc(-c2ccccc2)c2ccccc2c1=O. The van der Waals surface area contributed by atoms with Gasteiger partial charge in [-0.1, -0.05) is 48.5 Å². The molecule has 0 saturated carbocycles. The number of aromatic nitrogens is 2. The number of hydrogen-bond acceptors (Lipinski definition) is 5. The van der Waals surface area contributed by atoms with E-state index in [1.807, 2.05) is 42.5 Å². The molecule has 0 fully saturated rings. The fourth-order valence-corrected chi connectivity index (χ4v) is 3.57. The van der Waals surface area contributed by atoms with E-state index in [2.05, 4.69) is 10.4 Å². The van der Waals surface area contributed by atoms with E-state index >= 15 is 0 Å². The third kappa shape index (κ3) is 4.69. The molecule has 0 aliphatic rings. The smallest absolute Gasteiger partial charge is 0.275 e. The molecule has 1 aromatic heterocycles. The molecule has 29 heavy (non-hydrogen) atoms. The molecule has 0 aliphatic heterocycles. The Morgan fingerprint density at radius 3 is 2.31 bits per heavy atom. The van der Waals surface area contributed by atoms with Crippen molar-refractivity contribution >= 4 is 26.7 Å². The van der Waals surface area contributed by atoms with Crippen molar-refractivity contribution in [3.05, 3.63) is 65.0 Å². The first kappa shape index (κ1) is 20.7. The molecule has 0 bridgehead atoms. The van der Waals surface area contributed by atoms with Gasteiger partial charge in [-0.05, 0) is 6.07 Å². The zero-order chi connectivity index (χ0) is 21.0. The minimum Gasteiger partial charge on any atom is -0.353 e. The maximum Gasteiger partial charge on any atom is 0.275 e. The quantitative estimate of drug-likeness (QED) is 0.623. The summed E-state index contributed by atoms with van der Waals surface area (Å²) in [6.45, 7) is -0.348. The molecule has 8 nitrogen and oxygen atoms in total. The van der Waals surface area contributed by atoms with E-state index in [-0.39, 0.29) is 24.4 Å². The molecule has 1 heterocycles. The molecule has 0 radical (unpaired) electrons. The lowest BCUT2D eigenvalue weighted by molar-refractivity contribution is -0.121. The third-order valence-electron chi connectivity index (χ3n) is 4.45. The number of fused-ring (bicyclic) bond motifs is 1. The van der Waals surface area contributed by atoms with Crippen LogP contribution >= 0.6 is 0 Å². The van der Waals surface area contributed by atoms with Gasteiger partial charge in [0.2, 0.25) is 15.9 Å². The number of carbonyl (C=O) groups is 1. The average Bonchev–Trinajstić information content (AvgIpc) is 2.70. The number of sulfonamides is 1. The van der Waals surface area contributed by atoms with Gasteiger partial charge in [-0.15, -0.1) is 0 Å². The van der Waals surface area contributed by atoms with Crippen molar-refractivity contribution in [2.24, 2.45) is 0 Å². The highest BCUT2D eigenvalue weighted by molar-refractivity contribution is 7.89. The maximum atomic E-state index is 12.8. The molecule has 3 aromatic rings. The van der Waals surface area contributed by atoms with Crippen LogP contribution in [0.15, 0.2) is 59.4 Å². The van der Waals surface area contributed by atoms with Crippen LogP contribution in [0.3, 0.4) is 0 Å². The summed E-state index contributed by atoms with van der Waals surface area (Å²) in [7, 11) is -0.549. The average molecular weight is 414 g/mol. The minimum absolute atomic E-state index is 0.0484. The van der Waals surface area contributed by atoms with Gasteiger partial charge >= 0.3 is 0 Å². The fourth-order valence-electron chi connectivity index (χ4n) is 2.85. The topological polar surface area (TPSA) is 101 Å². The van der Waals surface area contributed by atoms with E-state index in [1.54, 1.807) is 12.1 Å². The summed E-state index contributed by atoms with van der Waals surface area (Å²) in [5, 5.41) is 8.11. The van der Waals surface area contributed by atoms with Crippen LogP contribution in [0.1, 0.15) is 0 Å². The first-order valence-corrected chi connectivity index (χ1v) is 10.6. The van der Waals surface area contributed by atoms with Gasteiger partial charge in [0.05, 0.1) is 16.8 Å². The second-order valence-electron chi connectivity index (χ2n) is 6.67. The highest BCUT2D eigenvalue weighted by Crippen LogP contribution is 2.24. The summed E-state index contributed by atoms with van der Waals surface area (Å²) in [6.07, 6.45) is 0. The Morgan fingerprint density at radius 2 is 1.66 bits per heavy atom. The van der Waals surface area contributed by atoms with E-state index in [1.165, 1.54) is 14.1 Å². The molecule has 9 heteroatoms. The summed E-state index contributed by atoms with van der Waals surface area (Å²) in [5.41, 5.74) is 1.05. The Kier molecular flexibility index (Phi) is 6.09. The van der Waals surface area contributed by atoms with Crippen molar-refractivity contribution < 1.29 is 13.2 Å². The molecule has 3 rings (SSSR count). The lowest BCUT2D eigenvalue weighted by atomic mass is 10.1. The van der Waals surface area contributed by atoms with Crippen molar-refractivity contribution in [1.29, 1.82) is 0 Å². The highest BCUT2D eigenvalue weighted by atomic mass is 32.2. The van der Waals surface area contributed by atoms with E-state index in [9.17, 15) is 18.0 Å². The van der Waals surface area contributed by atoms with Crippen LogP contribution in [0.25, 0.3) is 22.0 Å². The van der Waals surface area contributed by atoms with Gasteiger partial charge in [0.25, 0.3) is 5.56 Å². The zero-order valence-electron chi connectivity index (χ0n) is 16.2. The number of nitrogens with zero attached hydrogens (tertiary/aromatic N) is 3. The third-order valence-corrected chi connectivity index (χ3v) is 6.28. The molecule has 1 N–H and O–H groups in total. The highest BCUT2D eigenvalue weighted by Gasteiger charge is 2.16. The van der Waals surface area contributed by atoms with Crippen LogP contribution < -0.4 is 10.9 Å². The van der Waals surface area contributed by atoms with Crippen LogP contribution in [-0.4, -0.2) is 54.8 Å². The number of nitrogens with one attached hydrogen (secondary N) is 1. The van der Waals surface area contributed by atoms with E-state index in [0.717, 1.165) is 14.6 Å². The maximum absolute atomic E-state index is 12.8. The minimum atomic E-state index is -3.41. The molecule has 2 aromatic carbocycles. The fraction of sp³-hybridized carbons (Fsp3) is 0.250. The number of carbonyl (C=O) groups excluding carboxylic acids is 1. The molecule has 0 aliphatic carbocycles. The van der Waals surface area contributed by atoms with Crippen molar-refractivity contribution in [2.45, 2.75) is 6.54 Å². The summed E-state index contributed by atoms with van der Waals surface area (Å²) >= 11 is 0. The Hall–Kier alpha value is -3.04. The largest absolute Gasteiger partial charge is 0.353 e. The lowest BCUT2D eigenvalue weighted by Crippen LogP contribution is -2.37. The molecule has 0 atom stereocenters. The van der Waals surface area contributed by atoms with Gasteiger partial charge in [0, 0.05) is 31.6 Å². The second kappa shape index (κ2) is 8.54. The predicted octanol–water partition coefficient (Wildman–Crippen LogP) is 1.07. The predicted molar refractivity (Wildman–Crippen MR) is 112 cm³/mol. The molecule has 0 unspecified atom stereocenters. The Bertz CT molecular complexity index is 1190. The Labute approximate surface area is 168 Å². The normalized spacial score (nSPS) is 11.7. The van der Waals surface area contributed by atoms with Gasteiger partial charge in [-0.2, -0.15) is 5.10 Å². The Morgan fingerprint density at radius 1 is 1.03 bits per heavy atom. The summed E-state index contributed by atoms with van der Waals surface area (Å²) < 4.78 is 25.8. The summed E-state index contributed by atoms with van der Waals surface area (Å²) in [5.74, 6) is -0.705.